The van der Waals surface area contributed by atoms with Crippen molar-refractivity contribution < 1.29 is 14.3 Å². The molecule has 0 fully saturated rings. The predicted octanol–water partition coefficient (Wildman–Crippen LogP) is 2.77. The van der Waals surface area contributed by atoms with Gasteiger partial charge in [0.2, 0.25) is 5.91 Å². The topological polar surface area (TPSA) is 93.4 Å². The zero-order valence-corrected chi connectivity index (χ0v) is 16.3. The monoisotopic (exact) mass is 391 g/mol. The maximum absolute atomic E-state index is 12.5. The highest BCUT2D eigenvalue weighted by Gasteiger charge is 2.14. The highest BCUT2D eigenvalue weighted by atomic mass is 35.5. The van der Waals surface area contributed by atoms with Crippen molar-refractivity contribution in [1.29, 1.82) is 0 Å². The first-order chi connectivity index (χ1) is 12.5. The van der Waals surface area contributed by atoms with E-state index in [1.807, 2.05) is 38.1 Å². The number of carbonyl (C=O) groups is 2. The summed E-state index contributed by atoms with van der Waals surface area (Å²) in [6, 6.07) is 14.3. The van der Waals surface area contributed by atoms with E-state index in [-0.39, 0.29) is 36.7 Å². The number of nitrogens with one attached hydrogen (secondary N) is 2. The van der Waals surface area contributed by atoms with Crippen LogP contribution in [0.5, 0.6) is 5.75 Å². The van der Waals surface area contributed by atoms with Crippen molar-refractivity contribution in [3.8, 4) is 5.75 Å². The highest BCUT2D eigenvalue weighted by molar-refractivity contribution is 6.04. The van der Waals surface area contributed by atoms with Crippen LogP contribution in [-0.2, 0) is 11.2 Å². The molecule has 0 aliphatic heterocycles. The van der Waals surface area contributed by atoms with Gasteiger partial charge in [-0.05, 0) is 32.0 Å². The second-order valence-corrected chi connectivity index (χ2v) is 6.09. The standard InChI is InChI=1S/C20H25N3O3.ClH/c1-14(2)26-18-10-6-3-7-15(18)13-19(24)23-17-9-5-4-8-16(17)20(25)22-12-11-21;/h3-10,14H,11-13,21H2,1-2H3,(H,22,25)(H,23,24);1H. The van der Waals surface area contributed by atoms with Crippen LogP contribution in [0, 0.1) is 0 Å². The normalized spacial score (nSPS) is 10.1. The molecule has 0 atom stereocenters. The smallest absolute Gasteiger partial charge is 0.253 e. The molecule has 0 aromatic heterocycles. The molecule has 2 amide bonds. The van der Waals surface area contributed by atoms with E-state index in [1.54, 1.807) is 24.3 Å². The minimum atomic E-state index is -0.269. The third-order valence-corrected chi connectivity index (χ3v) is 3.56. The summed E-state index contributed by atoms with van der Waals surface area (Å²) in [6.07, 6.45) is 0.174. The molecule has 6 nitrogen and oxygen atoms in total. The molecular weight excluding hydrogens is 366 g/mol. The van der Waals surface area contributed by atoms with Crippen LogP contribution in [0.1, 0.15) is 29.8 Å². The Morgan fingerprint density at radius 2 is 1.74 bits per heavy atom. The quantitative estimate of drug-likeness (QED) is 0.645. The van der Waals surface area contributed by atoms with Gasteiger partial charge in [-0.1, -0.05) is 30.3 Å². The summed E-state index contributed by atoms with van der Waals surface area (Å²) in [5, 5.41) is 5.52. The van der Waals surface area contributed by atoms with E-state index in [0.717, 1.165) is 5.56 Å². The Hall–Kier alpha value is -2.57. The minimum absolute atomic E-state index is 0. The van der Waals surface area contributed by atoms with Crippen molar-refractivity contribution >= 4 is 29.9 Å². The van der Waals surface area contributed by atoms with Crippen molar-refractivity contribution in [3.63, 3.8) is 0 Å². The molecule has 2 aromatic rings. The number of benzene rings is 2. The van der Waals surface area contributed by atoms with E-state index in [4.69, 9.17) is 10.5 Å². The minimum Gasteiger partial charge on any atom is -0.491 e. The first-order valence-corrected chi connectivity index (χ1v) is 8.63. The van der Waals surface area contributed by atoms with Gasteiger partial charge >= 0.3 is 0 Å². The van der Waals surface area contributed by atoms with Crippen LogP contribution in [0.3, 0.4) is 0 Å². The van der Waals surface area contributed by atoms with Gasteiger partial charge in [-0.3, -0.25) is 9.59 Å². The number of rotatable bonds is 8. The van der Waals surface area contributed by atoms with Crippen LogP contribution < -0.4 is 21.1 Å². The Bertz CT molecular complexity index is 766. The van der Waals surface area contributed by atoms with Gasteiger partial charge in [0, 0.05) is 18.7 Å². The molecule has 146 valence electrons. The fourth-order valence-electron chi connectivity index (χ4n) is 2.46. The first-order valence-electron chi connectivity index (χ1n) is 8.63. The number of hydrogen-bond acceptors (Lipinski definition) is 4. The van der Waals surface area contributed by atoms with Gasteiger partial charge in [-0.15, -0.1) is 12.4 Å². The lowest BCUT2D eigenvalue weighted by Crippen LogP contribution is -2.30. The third kappa shape index (κ3) is 6.92. The van der Waals surface area contributed by atoms with Gasteiger partial charge in [0.1, 0.15) is 5.75 Å². The lowest BCUT2D eigenvalue weighted by molar-refractivity contribution is -0.115. The molecule has 2 rings (SSSR count). The average molecular weight is 392 g/mol. The summed E-state index contributed by atoms with van der Waals surface area (Å²) in [5.41, 5.74) is 7.08. The molecule has 0 radical (unpaired) electrons. The summed E-state index contributed by atoms with van der Waals surface area (Å²) in [4.78, 5) is 24.7. The highest BCUT2D eigenvalue weighted by Crippen LogP contribution is 2.21. The van der Waals surface area contributed by atoms with E-state index < -0.39 is 0 Å². The van der Waals surface area contributed by atoms with E-state index in [1.165, 1.54) is 0 Å². The van der Waals surface area contributed by atoms with Crippen LogP contribution in [0.2, 0.25) is 0 Å². The van der Waals surface area contributed by atoms with Gasteiger partial charge < -0.3 is 21.1 Å². The molecule has 0 unspecified atom stereocenters. The van der Waals surface area contributed by atoms with Gasteiger partial charge in [-0.25, -0.2) is 0 Å². The number of ether oxygens (including phenoxy) is 1. The number of anilines is 1. The molecule has 0 aliphatic rings. The second kappa shape index (κ2) is 11.2. The van der Waals surface area contributed by atoms with Crippen LogP contribution >= 0.6 is 12.4 Å². The summed E-state index contributed by atoms with van der Waals surface area (Å²) < 4.78 is 5.75. The average Bonchev–Trinajstić information content (AvgIpc) is 2.61. The molecule has 0 saturated carbocycles. The molecule has 7 heteroatoms. The Labute approximate surface area is 165 Å². The SMILES string of the molecule is CC(C)Oc1ccccc1CC(=O)Nc1ccccc1C(=O)NCCN.Cl. The lowest BCUT2D eigenvalue weighted by atomic mass is 10.1. The number of hydrogen-bond donors (Lipinski definition) is 3. The van der Waals surface area contributed by atoms with Crippen molar-refractivity contribution in [2.24, 2.45) is 5.73 Å². The van der Waals surface area contributed by atoms with Crippen LogP contribution in [0.4, 0.5) is 5.69 Å². The maximum Gasteiger partial charge on any atom is 0.253 e. The number of carbonyl (C=O) groups excluding carboxylic acids is 2. The molecule has 0 aliphatic carbocycles. The third-order valence-electron chi connectivity index (χ3n) is 3.56. The largest absolute Gasteiger partial charge is 0.491 e. The Morgan fingerprint density at radius 3 is 2.44 bits per heavy atom. The Kier molecular flexibility index (Phi) is 9.33. The van der Waals surface area contributed by atoms with Crippen LogP contribution in [-0.4, -0.2) is 31.0 Å². The van der Waals surface area contributed by atoms with Crippen molar-refractivity contribution in [3.05, 3.63) is 59.7 Å². The van der Waals surface area contributed by atoms with Gasteiger partial charge in [0.05, 0.1) is 23.8 Å². The molecular formula is C20H26ClN3O3. The number of para-hydroxylation sites is 2. The number of amides is 2. The molecule has 0 bridgehead atoms. The second-order valence-electron chi connectivity index (χ2n) is 6.09. The van der Waals surface area contributed by atoms with Crippen molar-refractivity contribution in [2.45, 2.75) is 26.4 Å². The first kappa shape index (κ1) is 22.5. The van der Waals surface area contributed by atoms with E-state index in [2.05, 4.69) is 10.6 Å². The molecule has 0 spiro atoms. The Morgan fingerprint density at radius 1 is 1.07 bits per heavy atom. The fourth-order valence-corrected chi connectivity index (χ4v) is 2.46. The number of halogens is 1. The van der Waals surface area contributed by atoms with E-state index in [9.17, 15) is 9.59 Å². The fraction of sp³-hybridized carbons (Fsp3) is 0.300. The zero-order chi connectivity index (χ0) is 18.9. The molecule has 2 aromatic carbocycles. The summed E-state index contributed by atoms with van der Waals surface area (Å²) in [5.74, 6) is 0.199. The zero-order valence-electron chi connectivity index (χ0n) is 15.5. The molecule has 0 saturated heterocycles. The molecule has 0 heterocycles. The Balaban J connectivity index is 0.00000364. The van der Waals surface area contributed by atoms with Gasteiger partial charge in [0.15, 0.2) is 0 Å². The maximum atomic E-state index is 12.5. The van der Waals surface area contributed by atoms with Gasteiger partial charge in [0.25, 0.3) is 5.91 Å². The van der Waals surface area contributed by atoms with Crippen molar-refractivity contribution in [1.82, 2.24) is 5.32 Å². The summed E-state index contributed by atoms with van der Waals surface area (Å²) >= 11 is 0. The lowest BCUT2D eigenvalue weighted by Gasteiger charge is -2.15. The van der Waals surface area contributed by atoms with E-state index in [0.29, 0.717) is 30.1 Å². The molecule has 4 N–H and O–H groups in total. The number of nitrogens with two attached hydrogens (primary N) is 1. The molecule has 27 heavy (non-hydrogen) atoms. The van der Waals surface area contributed by atoms with Gasteiger partial charge in [-0.2, -0.15) is 0 Å². The summed E-state index contributed by atoms with van der Waals surface area (Å²) in [7, 11) is 0. The van der Waals surface area contributed by atoms with Crippen molar-refractivity contribution in [2.75, 3.05) is 18.4 Å². The summed E-state index contributed by atoms with van der Waals surface area (Å²) in [6.45, 7) is 4.61. The van der Waals surface area contributed by atoms with Crippen LogP contribution in [0.15, 0.2) is 48.5 Å². The van der Waals surface area contributed by atoms with Crippen LogP contribution in [0.25, 0.3) is 0 Å². The predicted molar refractivity (Wildman–Crippen MR) is 110 cm³/mol. The van der Waals surface area contributed by atoms with E-state index >= 15 is 0 Å².